The highest BCUT2D eigenvalue weighted by Gasteiger charge is 2.71. The molecule has 2 unspecified atom stereocenters. The molecule has 0 heterocycles. The molecule has 4 aliphatic carbocycles. The van der Waals surface area contributed by atoms with Gasteiger partial charge in [0.05, 0.1) is 6.10 Å². The molecule has 0 aromatic rings. The summed E-state index contributed by atoms with van der Waals surface area (Å²) < 4.78 is 29.4. The number of halogens is 2. The lowest BCUT2D eigenvalue weighted by Gasteiger charge is -2.59. The Bertz CT molecular complexity index is 850. The van der Waals surface area contributed by atoms with Crippen molar-refractivity contribution >= 4 is 11.6 Å². The van der Waals surface area contributed by atoms with Gasteiger partial charge < -0.3 is 15.3 Å². The van der Waals surface area contributed by atoms with Gasteiger partial charge in [-0.25, -0.2) is 4.39 Å². The van der Waals surface area contributed by atoms with Crippen molar-refractivity contribution in [2.45, 2.75) is 58.2 Å². The summed E-state index contributed by atoms with van der Waals surface area (Å²) >= 11 is 0. The fourth-order valence-electron chi connectivity index (χ4n) is 7.48. The topological polar surface area (TPSA) is 94.8 Å². The number of hydrogen-bond donors (Lipinski definition) is 3. The fourth-order valence-corrected chi connectivity index (χ4v) is 7.48. The highest BCUT2D eigenvalue weighted by molar-refractivity contribution is 6.04. The van der Waals surface area contributed by atoms with Crippen LogP contribution in [-0.2, 0) is 9.59 Å². The molecule has 0 aromatic carbocycles. The number of ketones is 2. The number of hydrogen-bond acceptors (Lipinski definition) is 5. The lowest BCUT2D eigenvalue weighted by Crippen LogP contribution is -2.63. The second-order valence-corrected chi connectivity index (χ2v) is 9.87. The zero-order valence-electron chi connectivity index (χ0n) is 16.9. The average molecular weight is 410 g/mol. The molecule has 4 rings (SSSR count). The SMILES string of the molecule is CC1C[C@H]2[C@@H]3CCC4=CC(=O)C(F)=C(F)[C@]4(C)[C@H]3C(O)C[C@]2(C)[C@@]1(O)C(=O)CO. The highest BCUT2D eigenvalue weighted by atomic mass is 19.2. The van der Waals surface area contributed by atoms with E-state index in [4.69, 9.17) is 0 Å². The van der Waals surface area contributed by atoms with Crippen LogP contribution < -0.4 is 0 Å². The molecule has 8 atom stereocenters. The zero-order valence-corrected chi connectivity index (χ0v) is 16.9. The number of carbonyl (C=O) groups is 2. The standard InChI is InChI=1S/C22H28F2O5/c1-10-6-13-12-5-4-11-7-14(26)18(23)19(24)21(11,3)17(12)15(27)8-20(13,2)22(10,29)16(28)9-25/h7,10,12-13,15,17,25,27,29H,4-6,8-9H2,1-3H3/t10?,12-,13-,15?,17+,20-,21-,22-/m0/s1. The summed E-state index contributed by atoms with van der Waals surface area (Å²) in [6.07, 6.45) is 1.56. The van der Waals surface area contributed by atoms with Crippen molar-refractivity contribution in [3.8, 4) is 0 Å². The normalized spacial score (nSPS) is 49.3. The van der Waals surface area contributed by atoms with Gasteiger partial charge in [0.15, 0.2) is 5.78 Å². The third-order valence-corrected chi connectivity index (χ3v) is 8.86. The van der Waals surface area contributed by atoms with Gasteiger partial charge in [-0.15, -0.1) is 0 Å². The van der Waals surface area contributed by atoms with Gasteiger partial charge in [-0.05, 0) is 56.4 Å². The van der Waals surface area contributed by atoms with Crippen LogP contribution >= 0.6 is 0 Å². The zero-order chi connectivity index (χ0) is 21.5. The fraction of sp³-hybridized carbons (Fsp3) is 0.727. The quantitative estimate of drug-likeness (QED) is 0.650. The van der Waals surface area contributed by atoms with Gasteiger partial charge in [-0.1, -0.05) is 19.4 Å². The van der Waals surface area contributed by atoms with Crippen LogP contribution in [0.1, 0.15) is 46.5 Å². The number of fused-ring (bicyclic) bond motifs is 5. The number of rotatable bonds is 2. The van der Waals surface area contributed by atoms with E-state index in [1.165, 1.54) is 0 Å². The van der Waals surface area contributed by atoms with E-state index < -0.39 is 64.2 Å². The lowest BCUT2D eigenvalue weighted by atomic mass is 9.46. The molecule has 0 aliphatic heterocycles. The summed E-state index contributed by atoms with van der Waals surface area (Å²) in [5.74, 6) is -5.69. The van der Waals surface area contributed by atoms with E-state index in [9.17, 15) is 29.3 Å². The van der Waals surface area contributed by atoms with Gasteiger partial charge in [0.2, 0.25) is 11.6 Å². The summed E-state index contributed by atoms with van der Waals surface area (Å²) in [7, 11) is 0. The third-order valence-electron chi connectivity index (χ3n) is 8.86. The molecule has 0 saturated heterocycles. The third kappa shape index (κ3) is 2.29. The molecule has 0 amide bonds. The van der Waals surface area contributed by atoms with Crippen LogP contribution in [0.4, 0.5) is 8.78 Å². The first kappa shape index (κ1) is 20.8. The minimum absolute atomic E-state index is 0.0388. The number of aliphatic hydroxyl groups excluding tert-OH is 2. The van der Waals surface area contributed by atoms with E-state index in [1.807, 2.05) is 0 Å². The van der Waals surface area contributed by atoms with Gasteiger partial charge in [-0.3, -0.25) is 9.59 Å². The van der Waals surface area contributed by atoms with Crippen molar-refractivity contribution in [3.63, 3.8) is 0 Å². The molecule has 7 heteroatoms. The van der Waals surface area contributed by atoms with Crippen LogP contribution in [0.25, 0.3) is 0 Å². The first-order valence-corrected chi connectivity index (χ1v) is 10.3. The van der Waals surface area contributed by atoms with E-state index in [2.05, 4.69) is 0 Å². The number of Topliss-reactive ketones (excluding diaryl/α,β-unsaturated/α-hetero) is 1. The van der Waals surface area contributed by atoms with Gasteiger partial charge in [0, 0.05) is 16.7 Å². The molecule has 3 fully saturated rings. The molecule has 3 N–H and O–H groups in total. The molecule has 160 valence electrons. The summed E-state index contributed by atoms with van der Waals surface area (Å²) in [5.41, 5.74) is -3.67. The summed E-state index contributed by atoms with van der Waals surface area (Å²) in [4.78, 5) is 24.4. The Balaban J connectivity index is 1.82. The predicted octanol–water partition coefficient (Wildman–Crippen LogP) is 2.40. The first-order chi connectivity index (χ1) is 13.4. The monoisotopic (exact) mass is 410 g/mol. The Morgan fingerprint density at radius 1 is 1.31 bits per heavy atom. The largest absolute Gasteiger partial charge is 0.393 e. The van der Waals surface area contributed by atoms with Gasteiger partial charge in [0.25, 0.3) is 0 Å². The van der Waals surface area contributed by atoms with Gasteiger partial charge in [-0.2, -0.15) is 4.39 Å². The molecule has 0 spiro atoms. The Morgan fingerprint density at radius 2 is 1.97 bits per heavy atom. The Morgan fingerprint density at radius 3 is 2.59 bits per heavy atom. The molecular weight excluding hydrogens is 382 g/mol. The maximum atomic E-state index is 15.1. The van der Waals surface area contributed by atoms with Crippen molar-refractivity contribution in [2.24, 2.45) is 34.5 Å². The molecule has 3 saturated carbocycles. The van der Waals surface area contributed by atoms with Crippen LogP contribution in [0.5, 0.6) is 0 Å². The number of carbonyl (C=O) groups excluding carboxylic acids is 2. The van der Waals surface area contributed by atoms with Crippen LogP contribution in [-0.4, -0.2) is 45.2 Å². The number of allylic oxidation sites excluding steroid dienone is 4. The Kier molecular flexibility index (Phi) is 4.51. The highest BCUT2D eigenvalue weighted by Crippen LogP contribution is 2.69. The van der Waals surface area contributed by atoms with Crippen LogP contribution in [0, 0.1) is 34.5 Å². The lowest BCUT2D eigenvalue weighted by molar-refractivity contribution is -0.185. The average Bonchev–Trinajstić information content (AvgIpc) is 2.88. The number of aliphatic hydroxyl groups is 3. The van der Waals surface area contributed by atoms with Crippen molar-refractivity contribution < 1.29 is 33.7 Å². The van der Waals surface area contributed by atoms with Crippen LogP contribution in [0.15, 0.2) is 23.3 Å². The first-order valence-electron chi connectivity index (χ1n) is 10.3. The minimum Gasteiger partial charge on any atom is -0.393 e. The van der Waals surface area contributed by atoms with E-state index in [1.54, 1.807) is 20.8 Å². The van der Waals surface area contributed by atoms with Crippen LogP contribution in [0.2, 0.25) is 0 Å². The molecule has 29 heavy (non-hydrogen) atoms. The maximum Gasteiger partial charge on any atom is 0.216 e. The maximum absolute atomic E-state index is 15.1. The molecule has 5 nitrogen and oxygen atoms in total. The molecule has 4 aliphatic rings. The van der Waals surface area contributed by atoms with Crippen molar-refractivity contribution in [3.05, 3.63) is 23.3 Å². The minimum atomic E-state index is -1.78. The predicted molar refractivity (Wildman–Crippen MR) is 99.7 cm³/mol. The van der Waals surface area contributed by atoms with E-state index in [0.717, 1.165) is 6.08 Å². The Hall–Kier alpha value is -1.44. The molecule has 0 aromatic heterocycles. The van der Waals surface area contributed by atoms with E-state index in [-0.39, 0.29) is 18.3 Å². The Labute approximate surface area is 168 Å². The second-order valence-electron chi connectivity index (χ2n) is 9.87. The van der Waals surface area contributed by atoms with E-state index in [0.29, 0.717) is 24.8 Å². The second kappa shape index (κ2) is 6.28. The van der Waals surface area contributed by atoms with Crippen molar-refractivity contribution in [1.29, 1.82) is 0 Å². The molecule has 0 radical (unpaired) electrons. The van der Waals surface area contributed by atoms with Crippen molar-refractivity contribution in [2.75, 3.05) is 6.61 Å². The summed E-state index contributed by atoms with van der Waals surface area (Å²) in [6, 6.07) is 0. The van der Waals surface area contributed by atoms with Crippen LogP contribution in [0.3, 0.4) is 0 Å². The summed E-state index contributed by atoms with van der Waals surface area (Å²) in [5, 5.41) is 32.0. The molecular formula is C22H28F2O5. The smallest absolute Gasteiger partial charge is 0.216 e. The van der Waals surface area contributed by atoms with Gasteiger partial charge >= 0.3 is 0 Å². The van der Waals surface area contributed by atoms with Crippen molar-refractivity contribution in [1.82, 2.24) is 0 Å². The van der Waals surface area contributed by atoms with E-state index >= 15 is 4.39 Å². The summed E-state index contributed by atoms with van der Waals surface area (Å²) in [6.45, 7) is 4.28. The van der Waals surface area contributed by atoms with Gasteiger partial charge in [0.1, 0.15) is 18.0 Å². The molecule has 0 bridgehead atoms.